The van der Waals surface area contributed by atoms with Crippen LogP contribution in [0.15, 0.2) is 6.07 Å². The van der Waals surface area contributed by atoms with Gasteiger partial charge in [-0.15, -0.1) is 11.3 Å². The molecule has 2 amide bonds. The van der Waals surface area contributed by atoms with E-state index in [0.29, 0.717) is 16.5 Å². The molecular formula is C17H25N3O4S. The van der Waals surface area contributed by atoms with Crippen LogP contribution in [0.2, 0.25) is 0 Å². The van der Waals surface area contributed by atoms with Crippen molar-refractivity contribution in [3.63, 3.8) is 0 Å². The zero-order valence-electron chi connectivity index (χ0n) is 15.1. The second kappa shape index (κ2) is 8.44. The minimum atomic E-state index is -0.373. The van der Waals surface area contributed by atoms with Crippen molar-refractivity contribution in [3.05, 3.63) is 16.5 Å². The van der Waals surface area contributed by atoms with E-state index in [-0.39, 0.29) is 30.4 Å². The molecule has 1 fully saturated rings. The first-order chi connectivity index (χ1) is 11.8. The highest BCUT2D eigenvalue weighted by Gasteiger charge is 2.32. The summed E-state index contributed by atoms with van der Waals surface area (Å²) in [5.41, 5.74) is 0.778. The van der Waals surface area contributed by atoms with E-state index >= 15 is 0 Å². The molecule has 1 N–H and O–H groups in total. The van der Waals surface area contributed by atoms with Gasteiger partial charge in [-0.3, -0.25) is 14.5 Å². The van der Waals surface area contributed by atoms with Gasteiger partial charge in [0.1, 0.15) is 4.88 Å². The van der Waals surface area contributed by atoms with E-state index in [1.807, 2.05) is 11.8 Å². The molecule has 2 heterocycles. The molecule has 0 spiro atoms. The fourth-order valence-corrected chi connectivity index (χ4v) is 3.88. The molecule has 0 radical (unpaired) electrons. The monoisotopic (exact) mass is 367 g/mol. The van der Waals surface area contributed by atoms with Gasteiger partial charge in [0, 0.05) is 14.1 Å². The Hall–Kier alpha value is -1.93. The largest absolute Gasteiger partial charge is 0.462 e. The van der Waals surface area contributed by atoms with Gasteiger partial charge < -0.3 is 15.0 Å². The fourth-order valence-electron chi connectivity index (χ4n) is 2.90. The third kappa shape index (κ3) is 4.79. The van der Waals surface area contributed by atoms with Crippen molar-refractivity contribution < 1.29 is 19.1 Å². The number of aryl methyl sites for hydroxylation is 1. The highest BCUT2D eigenvalue weighted by Crippen LogP contribution is 2.27. The number of thiophene rings is 1. The lowest BCUT2D eigenvalue weighted by atomic mass is 10.2. The first kappa shape index (κ1) is 19.4. The van der Waals surface area contributed by atoms with Gasteiger partial charge in [-0.1, -0.05) is 0 Å². The molecular weight excluding hydrogens is 342 g/mol. The molecule has 1 aromatic rings. The van der Waals surface area contributed by atoms with Gasteiger partial charge in [0.15, 0.2) is 0 Å². The maximum absolute atomic E-state index is 12.3. The average molecular weight is 367 g/mol. The Labute approximate surface area is 151 Å². The summed E-state index contributed by atoms with van der Waals surface area (Å²) in [5.74, 6) is -0.529. The Morgan fingerprint density at radius 2 is 2.12 bits per heavy atom. The molecule has 0 saturated carbocycles. The number of carbonyl (C=O) groups is 3. The van der Waals surface area contributed by atoms with E-state index in [2.05, 4.69) is 5.32 Å². The van der Waals surface area contributed by atoms with Gasteiger partial charge in [0.2, 0.25) is 11.8 Å². The molecule has 1 saturated heterocycles. The molecule has 7 nitrogen and oxygen atoms in total. The van der Waals surface area contributed by atoms with E-state index in [1.54, 1.807) is 32.0 Å². The topological polar surface area (TPSA) is 79.0 Å². The molecule has 1 aliphatic heterocycles. The van der Waals surface area contributed by atoms with E-state index in [9.17, 15) is 14.4 Å². The third-order valence-electron chi connectivity index (χ3n) is 4.08. The van der Waals surface area contributed by atoms with Crippen LogP contribution in [-0.4, -0.2) is 67.4 Å². The Morgan fingerprint density at radius 3 is 2.76 bits per heavy atom. The summed E-state index contributed by atoms with van der Waals surface area (Å²) in [4.78, 5) is 40.3. The van der Waals surface area contributed by atoms with Crippen molar-refractivity contribution in [2.45, 2.75) is 32.7 Å². The number of nitrogens with zero attached hydrogens (tertiary/aromatic N) is 2. The molecule has 1 aliphatic rings. The predicted molar refractivity (Wildman–Crippen MR) is 96.9 cm³/mol. The maximum Gasteiger partial charge on any atom is 0.348 e. The van der Waals surface area contributed by atoms with Gasteiger partial charge in [-0.25, -0.2) is 4.79 Å². The first-order valence-electron chi connectivity index (χ1n) is 8.36. The van der Waals surface area contributed by atoms with Crippen molar-refractivity contribution in [1.29, 1.82) is 0 Å². The normalized spacial score (nSPS) is 17.4. The van der Waals surface area contributed by atoms with Crippen LogP contribution in [0, 0.1) is 6.92 Å². The second-order valence-electron chi connectivity index (χ2n) is 6.25. The van der Waals surface area contributed by atoms with Gasteiger partial charge in [0.05, 0.1) is 24.2 Å². The molecule has 1 atom stereocenters. The summed E-state index contributed by atoms with van der Waals surface area (Å²) >= 11 is 1.21. The number of hydrogen-bond donors (Lipinski definition) is 1. The lowest BCUT2D eigenvalue weighted by Gasteiger charge is -2.25. The van der Waals surface area contributed by atoms with Gasteiger partial charge >= 0.3 is 5.97 Å². The minimum absolute atomic E-state index is 0.0295. The Balaban J connectivity index is 1.97. The standard InChI is InChI=1S/C17H25N3O4S/c1-5-24-17(23)15-11(2)9-14(25-15)18-13(21)10-20-8-6-7-12(20)16(22)19(3)4/h9,12H,5-8,10H2,1-4H3,(H,18,21). The third-order valence-corrected chi connectivity index (χ3v) is 5.21. The van der Waals surface area contributed by atoms with Gasteiger partial charge in [0.25, 0.3) is 0 Å². The summed E-state index contributed by atoms with van der Waals surface area (Å²) in [7, 11) is 3.45. The number of nitrogens with one attached hydrogen (secondary N) is 1. The summed E-state index contributed by atoms with van der Waals surface area (Å²) in [6.45, 7) is 4.77. The molecule has 1 unspecified atom stereocenters. The molecule has 2 rings (SSSR count). The van der Waals surface area contributed by atoms with Crippen LogP contribution in [0.25, 0.3) is 0 Å². The smallest absolute Gasteiger partial charge is 0.348 e. The van der Waals surface area contributed by atoms with Crippen molar-refractivity contribution in [2.24, 2.45) is 0 Å². The number of carbonyl (C=O) groups excluding carboxylic acids is 3. The summed E-state index contributed by atoms with van der Waals surface area (Å²) < 4.78 is 5.01. The van der Waals surface area contributed by atoms with Crippen LogP contribution in [0.5, 0.6) is 0 Å². The van der Waals surface area contributed by atoms with Gasteiger partial charge in [-0.05, 0) is 44.9 Å². The zero-order chi connectivity index (χ0) is 18.6. The minimum Gasteiger partial charge on any atom is -0.462 e. The number of likely N-dealkylation sites (N-methyl/N-ethyl adjacent to an activating group) is 1. The van der Waals surface area contributed by atoms with E-state index in [0.717, 1.165) is 24.9 Å². The quantitative estimate of drug-likeness (QED) is 0.775. The molecule has 0 bridgehead atoms. The number of esters is 1. The Kier molecular flexibility index (Phi) is 6.55. The average Bonchev–Trinajstić information content (AvgIpc) is 3.13. The Bertz CT molecular complexity index is 656. The molecule has 0 aromatic carbocycles. The van der Waals surface area contributed by atoms with Crippen molar-refractivity contribution in [3.8, 4) is 0 Å². The number of ether oxygens (including phenoxy) is 1. The lowest BCUT2D eigenvalue weighted by Crippen LogP contribution is -2.45. The highest BCUT2D eigenvalue weighted by molar-refractivity contribution is 7.18. The van der Waals surface area contributed by atoms with E-state index < -0.39 is 0 Å². The summed E-state index contributed by atoms with van der Waals surface area (Å²) in [6, 6.07) is 1.53. The van der Waals surface area contributed by atoms with Crippen LogP contribution >= 0.6 is 11.3 Å². The maximum atomic E-state index is 12.3. The molecule has 1 aromatic heterocycles. The van der Waals surface area contributed by atoms with E-state index in [4.69, 9.17) is 4.74 Å². The highest BCUT2D eigenvalue weighted by atomic mass is 32.1. The predicted octanol–water partition coefficient (Wildman–Crippen LogP) is 1.72. The first-order valence-corrected chi connectivity index (χ1v) is 9.17. The number of anilines is 1. The van der Waals surface area contributed by atoms with Crippen LogP contribution in [0.4, 0.5) is 5.00 Å². The molecule has 0 aliphatic carbocycles. The number of likely N-dealkylation sites (tertiary alicyclic amines) is 1. The molecule has 25 heavy (non-hydrogen) atoms. The Morgan fingerprint density at radius 1 is 1.40 bits per heavy atom. The zero-order valence-corrected chi connectivity index (χ0v) is 15.9. The second-order valence-corrected chi connectivity index (χ2v) is 7.30. The summed E-state index contributed by atoms with van der Waals surface area (Å²) in [6.07, 6.45) is 1.68. The number of rotatable bonds is 6. The van der Waals surface area contributed by atoms with Gasteiger partial charge in [-0.2, -0.15) is 0 Å². The van der Waals surface area contributed by atoms with Crippen molar-refractivity contribution >= 4 is 34.1 Å². The SMILES string of the molecule is CCOC(=O)c1sc(NC(=O)CN2CCCC2C(=O)N(C)C)cc1C. The van der Waals surface area contributed by atoms with Crippen LogP contribution < -0.4 is 5.32 Å². The number of amides is 2. The van der Waals surface area contributed by atoms with Crippen LogP contribution in [0.1, 0.15) is 35.0 Å². The lowest BCUT2D eigenvalue weighted by molar-refractivity contribution is -0.133. The molecule has 138 valence electrons. The fraction of sp³-hybridized carbons (Fsp3) is 0.588. The van der Waals surface area contributed by atoms with Crippen LogP contribution in [0.3, 0.4) is 0 Å². The van der Waals surface area contributed by atoms with Crippen LogP contribution in [-0.2, 0) is 14.3 Å². The summed E-state index contributed by atoms with van der Waals surface area (Å²) in [5, 5.41) is 3.43. The number of hydrogen-bond acceptors (Lipinski definition) is 6. The molecule has 8 heteroatoms. The van der Waals surface area contributed by atoms with E-state index in [1.165, 1.54) is 11.3 Å². The van der Waals surface area contributed by atoms with Crippen molar-refractivity contribution in [1.82, 2.24) is 9.80 Å². The van der Waals surface area contributed by atoms with Crippen molar-refractivity contribution in [2.75, 3.05) is 39.1 Å².